The fourth-order valence-corrected chi connectivity index (χ4v) is 3.89. The van der Waals surface area contributed by atoms with Crippen molar-refractivity contribution in [1.29, 1.82) is 0 Å². The maximum absolute atomic E-state index is 12.7. The molecule has 3 N–H and O–H groups in total. The molecule has 0 aromatic carbocycles. The van der Waals surface area contributed by atoms with Crippen LogP contribution in [0.2, 0.25) is 0 Å². The van der Waals surface area contributed by atoms with Crippen LogP contribution in [0.5, 0.6) is 0 Å². The van der Waals surface area contributed by atoms with Crippen molar-refractivity contribution >= 4 is 33.1 Å². The summed E-state index contributed by atoms with van der Waals surface area (Å²) in [7, 11) is 1.95. The number of nitrogens with zero attached hydrogens (tertiary/aromatic N) is 3. The molecule has 0 radical (unpaired) electrons. The summed E-state index contributed by atoms with van der Waals surface area (Å²) >= 11 is 1.33. The number of amides is 1. The minimum absolute atomic E-state index is 0.0244. The van der Waals surface area contributed by atoms with Crippen LogP contribution in [-0.2, 0) is 0 Å². The summed E-state index contributed by atoms with van der Waals surface area (Å²) in [5.74, 6) is 0.541. The molecule has 1 unspecified atom stereocenters. The molecular weight excluding hydrogens is 286 g/mol. The summed E-state index contributed by atoms with van der Waals surface area (Å²) in [5.41, 5.74) is 6.66. The van der Waals surface area contributed by atoms with Gasteiger partial charge in [-0.2, -0.15) is 5.10 Å². The number of likely N-dealkylation sites (tertiary alicyclic amines) is 1. The van der Waals surface area contributed by atoms with E-state index in [2.05, 4.69) is 15.5 Å². The number of fused-ring (bicyclic) bond motifs is 1. The third kappa shape index (κ3) is 2.71. The van der Waals surface area contributed by atoms with Gasteiger partial charge in [-0.15, -0.1) is 16.4 Å². The van der Waals surface area contributed by atoms with Crippen LogP contribution in [0.4, 0.5) is 5.69 Å². The number of carbonyl (C=O) groups excluding carboxylic acids is 1. The van der Waals surface area contributed by atoms with Crippen molar-refractivity contribution in [3.63, 3.8) is 0 Å². The Morgan fingerprint density at radius 1 is 1.62 bits per heavy atom. The number of piperidine rings is 1. The lowest BCUT2D eigenvalue weighted by Gasteiger charge is -2.32. The Balaban J connectivity index is 1.84. The zero-order valence-electron chi connectivity index (χ0n) is 12.0. The summed E-state index contributed by atoms with van der Waals surface area (Å²) in [5, 5.41) is 11.9. The lowest BCUT2D eigenvalue weighted by atomic mass is 9.98. The Hall–Kier alpha value is -1.73. The van der Waals surface area contributed by atoms with Crippen LogP contribution in [0, 0.1) is 5.92 Å². The third-order valence-corrected chi connectivity index (χ3v) is 5.01. The summed E-state index contributed by atoms with van der Waals surface area (Å²) in [6.07, 6.45) is 3.81. The quantitative estimate of drug-likeness (QED) is 0.894. The van der Waals surface area contributed by atoms with Crippen LogP contribution in [0.15, 0.2) is 12.3 Å². The molecule has 112 valence electrons. The molecule has 0 bridgehead atoms. The summed E-state index contributed by atoms with van der Waals surface area (Å²) in [4.78, 5) is 16.0. The molecule has 3 rings (SSSR count). The zero-order valence-corrected chi connectivity index (χ0v) is 12.8. The molecule has 1 fully saturated rings. The molecule has 0 saturated carbocycles. The largest absolute Gasteiger partial charge is 0.397 e. The summed E-state index contributed by atoms with van der Waals surface area (Å²) in [6, 6.07) is 1.81. The number of anilines is 1. The number of nitrogens with one attached hydrogen (secondary N) is 1. The fourth-order valence-electron chi connectivity index (χ4n) is 2.88. The Bertz CT molecular complexity index is 654. The van der Waals surface area contributed by atoms with Crippen molar-refractivity contribution < 1.29 is 4.79 Å². The smallest absolute Gasteiger partial charge is 0.266 e. The van der Waals surface area contributed by atoms with Gasteiger partial charge in [0, 0.05) is 18.5 Å². The monoisotopic (exact) mass is 305 g/mol. The number of nitrogens with two attached hydrogens (primary N) is 1. The van der Waals surface area contributed by atoms with Crippen LogP contribution in [0.25, 0.3) is 10.2 Å². The van der Waals surface area contributed by atoms with E-state index in [0.717, 1.165) is 42.7 Å². The highest BCUT2D eigenvalue weighted by molar-refractivity contribution is 7.21. The van der Waals surface area contributed by atoms with Gasteiger partial charge in [0.2, 0.25) is 0 Å². The highest BCUT2D eigenvalue weighted by Crippen LogP contribution is 2.33. The summed E-state index contributed by atoms with van der Waals surface area (Å²) < 4.78 is 0. The Labute approximate surface area is 127 Å². The molecule has 2 aromatic heterocycles. The minimum Gasteiger partial charge on any atom is -0.397 e. The molecule has 1 aliphatic rings. The number of aromatic nitrogens is 2. The van der Waals surface area contributed by atoms with Crippen molar-refractivity contribution in [1.82, 2.24) is 20.4 Å². The molecule has 0 spiro atoms. The number of carbonyl (C=O) groups is 1. The molecule has 21 heavy (non-hydrogen) atoms. The van der Waals surface area contributed by atoms with Crippen molar-refractivity contribution in [2.45, 2.75) is 12.8 Å². The first-order valence-corrected chi connectivity index (χ1v) is 7.96. The molecular formula is C14H19N5OS. The number of thiophene rings is 1. The molecule has 1 aliphatic heterocycles. The normalized spacial score (nSPS) is 19.1. The number of nitrogen functional groups attached to an aromatic ring is 1. The van der Waals surface area contributed by atoms with E-state index in [0.29, 0.717) is 16.5 Å². The lowest BCUT2D eigenvalue weighted by molar-refractivity contribution is 0.0680. The van der Waals surface area contributed by atoms with Gasteiger partial charge in [0.05, 0.1) is 11.9 Å². The van der Waals surface area contributed by atoms with E-state index in [-0.39, 0.29) is 5.91 Å². The SMILES string of the molecule is CNCC1CCCN(C(=O)c2sc3nnccc3c2N)C1. The molecule has 1 atom stereocenters. The summed E-state index contributed by atoms with van der Waals surface area (Å²) in [6.45, 7) is 2.54. The fraction of sp³-hybridized carbons (Fsp3) is 0.500. The van der Waals surface area contributed by atoms with E-state index in [1.54, 1.807) is 6.20 Å². The van der Waals surface area contributed by atoms with E-state index in [1.165, 1.54) is 11.3 Å². The van der Waals surface area contributed by atoms with Gasteiger partial charge in [0.15, 0.2) is 0 Å². The first-order valence-electron chi connectivity index (χ1n) is 7.14. The molecule has 3 heterocycles. The Morgan fingerprint density at radius 3 is 3.24 bits per heavy atom. The third-order valence-electron chi connectivity index (χ3n) is 3.91. The predicted molar refractivity (Wildman–Crippen MR) is 84.4 cm³/mol. The standard InChI is InChI=1S/C14H19N5OS/c1-16-7-9-3-2-6-19(8-9)14(20)12-11(15)10-4-5-17-18-13(10)21-12/h4-5,9,16H,2-3,6-8,15H2,1H3. The molecule has 0 aliphatic carbocycles. The van der Waals surface area contributed by atoms with E-state index < -0.39 is 0 Å². The lowest BCUT2D eigenvalue weighted by Crippen LogP contribution is -2.42. The molecule has 1 saturated heterocycles. The predicted octanol–water partition coefficient (Wildman–Crippen LogP) is 1.35. The molecule has 6 nitrogen and oxygen atoms in total. The van der Waals surface area contributed by atoms with Gasteiger partial charge in [-0.1, -0.05) is 0 Å². The van der Waals surface area contributed by atoms with E-state index in [4.69, 9.17) is 5.73 Å². The van der Waals surface area contributed by atoms with Crippen molar-refractivity contribution in [2.75, 3.05) is 32.4 Å². The Morgan fingerprint density at radius 2 is 2.48 bits per heavy atom. The number of hydrogen-bond acceptors (Lipinski definition) is 6. The van der Waals surface area contributed by atoms with Crippen molar-refractivity contribution in [3.8, 4) is 0 Å². The minimum atomic E-state index is 0.0244. The maximum atomic E-state index is 12.7. The first kappa shape index (κ1) is 14.2. The van der Waals surface area contributed by atoms with Gasteiger partial charge < -0.3 is 16.0 Å². The van der Waals surface area contributed by atoms with E-state index >= 15 is 0 Å². The van der Waals surface area contributed by atoms with Crippen LogP contribution in [0.1, 0.15) is 22.5 Å². The van der Waals surface area contributed by atoms with E-state index in [1.807, 2.05) is 18.0 Å². The number of hydrogen-bond donors (Lipinski definition) is 2. The second-order valence-corrected chi connectivity index (χ2v) is 6.41. The van der Waals surface area contributed by atoms with Crippen molar-refractivity contribution in [2.24, 2.45) is 5.92 Å². The van der Waals surface area contributed by atoms with Crippen molar-refractivity contribution in [3.05, 3.63) is 17.1 Å². The van der Waals surface area contributed by atoms with Gasteiger partial charge in [-0.05, 0) is 38.4 Å². The van der Waals surface area contributed by atoms with Gasteiger partial charge in [-0.25, -0.2) is 0 Å². The molecule has 1 amide bonds. The molecule has 2 aromatic rings. The highest BCUT2D eigenvalue weighted by Gasteiger charge is 2.27. The maximum Gasteiger partial charge on any atom is 0.266 e. The van der Waals surface area contributed by atoms with Crippen LogP contribution < -0.4 is 11.1 Å². The van der Waals surface area contributed by atoms with E-state index in [9.17, 15) is 4.79 Å². The second-order valence-electron chi connectivity index (χ2n) is 5.41. The van der Waals surface area contributed by atoms with Gasteiger partial charge >= 0.3 is 0 Å². The Kier molecular flexibility index (Phi) is 4.03. The van der Waals surface area contributed by atoms with Crippen LogP contribution in [0.3, 0.4) is 0 Å². The average molecular weight is 305 g/mol. The van der Waals surface area contributed by atoms with Crippen LogP contribution >= 0.6 is 11.3 Å². The topological polar surface area (TPSA) is 84.1 Å². The number of rotatable bonds is 3. The first-order chi connectivity index (χ1) is 10.2. The van der Waals surface area contributed by atoms with Gasteiger partial charge in [0.1, 0.15) is 9.71 Å². The highest BCUT2D eigenvalue weighted by atomic mass is 32.1. The van der Waals surface area contributed by atoms with Crippen LogP contribution in [-0.4, -0.2) is 47.7 Å². The van der Waals surface area contributed by atoms with Gasteiger partial charge in [-0.3, -0.25) is 4.79 Å². The molecule has 7 heteroatoms. The second kappa shape index (κ2) is 5.95. The zero-order chi connectivity index (χ0) is 14.8. The van der Waals surface area contributed by atoms with Gasteiger partial charge in [0.25, 0.3) is 5.91 Å². The average Bonchev–Trinajstić information content (AvgIpc) is 2.85.